The molecule has 5 nitrogen and oxygen atoms in total. The molecule has 0 aliphatic heterocycles. The van der Waals surface area contributed by atoms with Gasteiger partial charge in [-0.3, -0.25) is 4.79 Å². The summed E-state index contributed by atoms with van der Waals surface area (Å²) in [6, 6.07) is 12.9. The second-order valence-corrected chi connectivity index (χ2v) is 9.44. The molecule has 168 valence electrons. The van der Waals surface area contributed by atoms with E-state index < -0.39 is 5.97 Å². The SMILES string of the molecule is CCOC(=O)c1c(NC(=O)COc2ccc(CC)cc2Br)sc(C)c1-c1ccc(Cl)cc1. The molecule has 0 saturated heterocycles. The summed E-state index contributed by atoms with van der Waals surface area (Å²) in [4.78, 5) is 26.3. The van der Waals surface area contributed by atoms with E-state index in [4.69, 9.17) is 21.1 Å². The van der Waals surface area contributed by atoms with Crippen LogP contribution < -0.4 is 10.1 Å². The van der Waals surface area contributed by atoms with Gasteiger partial charge in [-0.25, -0.2) is 4.79 Å². The lowest BCUT2D eigenvalue weighted by Gasteiger charge is -2.11. The highest BCUT2D eigenvalue weighted by Gasteiger charge is 2.25. The van der Waals surface area contributed by atoms with Crippen LogP contribution in [-0.4, -0.2) is 25.1 Å². The lowest BCUT2D eigenvalue weighted by Crippen LogP contribution is -2.21. The summed E-state index contributed by atoms with van der Waals surface area (Å²) in [5.41, 5.74) is 3.04. The Balaban J connectivity index is 1.83. The van der Waals surface area contributed by atoms with Crippen molar-refractivity contribution in [2.24, 2.45) is 0 Å². The zero-order valence-corrected chi connectivity index (χ0v) is 21.1. The van der Waals surface area contributed by atoms with Crippen molar-refractivity contribution in [3.8, 4) is 16.9 Å². The van der Waals surface area contributed by atoms with Gasteiger partial charge in [0.2, 0.25) is 0 Å². The number of anilines is 1. The number of benzene rings is 2. The summed E-state index contributed by atoms with van der Waals surface area (Å²) >= 11 is 10.8. The van der Waals surface area contributed by atoms with Gasteiger partial charge in [-0.2, -0.15) is 0 Å². The normalized spacial score (nSPS) is 10.7. The summed E-state index contributed by atoms with van der Waals surface area (Å²) in [6.07, 6.45) is 0.906. The number of nitrogens with one attached hydrogen (secondary N) is 1. The van der Waals surface area contributed by atoms with Gasteiger partial charge in [0.05, 0.1) is 11.1 Å². The zero-order chi connectivity index (χ0) is 23.3. The van der Waals surface area contributed by atoms with Crippen LogP contribution >= 0.6 is 38.9 Å². The van der Waals surface area contributed by atoms with Crippen LogP contribution in [0.15, 0.2) is 46.9 Å². The zero-order valence-electron chi connectivity index (χ0n) is 18.0. The van der Waals surface area contributed by atoms with Crippen LogP contribution in [0.2, 0.25) is 5.02 Å². The van der Waals surface area contributed by atoms with Crippen LogP contribution in [-0.2, 0) is 16.0 Å². The number of amides is 1. The minimum Gasteiger partial charge on any atom is -0.483 e. The van der Waals surface area contributed by atoms with Crippen molar-refractivity contribution in [2.45, 2.75) is 27.2 Å². The minimum atomic E-state index is -0.490. The average molecular weight is 537 g/mol. The van der Waals surface area contributed by atoms with E-state index in [-0.39, 0.29) is 19.1 Å². The predicted molar refractivity (Wildman–Crippen MR) is 133 cm³/mol. The summed E-state index contributed by atoms with van der Waals surface area (Å²) in [7, 11) is 0. The Morgan fingerprint density at radius 1 is 1.12 bits per heavy atom. The van der Waals surface area contributed by atoms with E-state index in [0.29, 0.717) is 21.3 Å². The Labute approximate surface area is 204 Å². The van der Waals surface area contributed by atoms with E-state index in [2.05, 4.69) is 28.2 Å². The Morgan fingerprint density at radius 3 is 2.47 bits per heavy atom. The molecular weight excluding hydrogens is 514 g/mol. The van der Waals surface area contributed by atoms with Crippen LogP contribution in [0.4, 0.5) is 5.00 Å². The molecule has 8 heteroatoms. The Kier molecular flexibility index (Phi) is 8.34. The molecule has 1 N–H and O–H groups in total. The lowest BCUT2D eigenvalue weighted by molar-refractivity contribution is -0.118. The van der Waals surface area contributed by atoms with Gasteiger partial charge < -0.3 is 14.8 Å². The number of esters is 1. The van der Waals surface area contributed by atoms with Gasteiger partial charge in [0.15, 0.2) is 6.61 Å². The molecule has 0 saturated carbocycles. The van der Waals surface area contributed by atoms with E-state index in [1.807, 2.05) is 37.3 Å². The molecule has 2 aromatic carbocycles. The van der Waals surface area contributed by atoms with Crippen LogP contribution in [0.3, 0.4) is 0 Å². The van der Waals surface area contributed by atoms with E-state index in [1.54, 1.807) is 19.1 Å². The molecule has 0 bridgehead atoms. The molecule has 3 rings (SSSR count). The van der Waals surface area contributed by atoms with Gasteiger partial charge in [-0.05, 0) is 71.6 Å². The highest BCUT2D eigenvalue weighted by Crippen LogP contribution is 2.40. The highest BCUT2D eigenvalue weighted by atomic mass is 79.9. The molecule has 0 radical (unpaired) electrons. The third kappa shape index (κ3) is 5.71. The van der Waals surface area contributed by atoms with Crippen LogP contribution in [0.1, 0.15) is 34.6 Å². The molecule has 0 spiro atoms. The first kappa shape index (κ1) is 24.3. The number of hydrogen-bond donors (Lipinski definition) is 1. The largest absolute Gasteiger partial charge is 0.483 e. The smallest absolute Gasteiger partial charge is 0.341 e. The van der Waals surface area contributed by atoms with Gasteiger partial charge in [-0.15, -0.1) is 11.3 Å². The molecule has 0 fully saturated rings. The molecule has 0 unspecified atom stereocenters. The highest BCUT2D eigenvalue weighted by molar-refractivity contribution is 9.10. The van der Waals surface area contributed by atoms with Gasteiger partial charge in [-0.1, -0.05) is 36.7 Å². The number of carbonyl (C=O) groups excluding carboxylic acids is 2. The fourth-order valence-corrected chi connectivity index (χ4v) is 4.93. The van der Waals surface area contributed by atoms with Crippen molar-refractivity contribution in [2.75, 3.05) is 18.5 Å². The van der Waals surface area contributed by atoms with Crippen molar-refractivity contribution >= 4 is 55.7 Å². The Morgan fingerprint density at radius 2 is 1.84 bits per heavy atom. The maximum atomic E-state index is 12.8. The third-order valence-electron chi connectivity index (χ3n) is 4.71. The monoisotopic (exact) mass is 535 g/mol. The average Bonchev–Trinajstić information content (AvgIpc) is 3.09. The van der Waals surface area contributed by atoms with Crippen LogP contribution in [0, 0.1) is 6.92 Å². The van der Waals surface area contributed by atoms with Crippen molar-refractivity contribution in [3.05, 3.63) is 68.0 Å². The fraction of sp³-hybridized carbons (Fsp3) is 0.250. The van der Waals surface area contributed by atoms with Crippen molar-refractivity contribution < 1.29 is 19.1 Å². The van der Waals surface area contributed by atoms with Crippen LogP contribution in [0.5, 0.6) is 5.75 Å². The molecule has 0 aliphatic carbocycles. The predicted octanol–water partition coefficient (Wildman–Crippen LogP) is 6.90. The number of thiophene rings is 1. The maximum Gasteiger partial charge on any atom is 0.341 e. The first-order valence-corrected chi connectivity index (χ1v) is 12.1. The second kappa shape index (κ2) is 11.0. The van der Waals surface area contributed by atoms with E-state index in [0.717, 1.165) is 32.5 Å². The summed E-state index contributed by atoms with van der Waals surface area (Å²) < 4.78 is 11.7. The maximum absolute atomic E-state index is 12.8. The molecule has 1 amide bonds. The molecule has 1 heterocycles. The summed E-state index contributed by atoms with van der Waals surface area (Å²) in [5.74, 6) is -0.283. The summed E-state index contributed by atoms with van der Waals surface area (Å²) in [5, 5.41) is 3.85. The van der Waals surface area contributed by atoms with Gasteiger partial charge in [0.25, 0.3) is 5.91 Å². The Hall–Kier alpha value is -2.35. The lowest BCUT2D eigenvalue weighted by atomic mass is 10.0. The first-order valence-electron chi connectivity index (χ1n) is 10.1. The van der Waals surface area contributed by atoms with E-state index >= 15 is 0 Å². The van der Waals surface area contributed by atoms with E-state index in [1.165, 1.54) is 11.3 Å². The third-order valence-corrected chi connectivity index (χ3v) is 6.61. The van der Waals surface area contributed by atoms with Gasteiger partial charge in [0, 0.05) is 15.5 Å². The van der Waals surface area contributed by atoms with Crippen molar-refractivity contribution in [1.29, 1.82) is 0 Å². The van der Waals surface area contributed by atoms with Crippen molar-refractivity contribution in [1.82, 2.24) is 0 Å². The molecular formula is C24H23BrClNO4S. The van der Waals surface area contributed by atoms with Crippen molar-refractivity contribution in [3.63, 3.8) is 0 Å². The molecule has 3 aromatic rings. The van der Waals surface area contributed by atoms with Gasteiger partial charge >= 0.3 is 5.97 Å². The van der Waals surface area contributed by atoms with Crippen LogP contribution in [0.25, 0.3) is 11.1 Å². The Bertz CT molecular complexity index is 1130. The quantitative estimate of drug-likeness (QED) is 0.318. The molecule has 0 aliphatic rings. The minimum absolute atomic E-state index is 0.195. The standard InChI is InChI=1S/C24H23BrClNO4S/c1-4-15-6-11-19(18(25)12-15)31-13-20(28)27-23-22(24(29)30-5-2)21(14(3)32-23)16-7-9-17(26)10-8-16/h6-12H,4-5,13H2,1-3H3,(H,27,28). The number of ether oxygens (including phenoxy) is 2. The molecule has 32 heavy (non-hydrogen) atoms. The molecule has 0 atom stereocenters. The van der Waals surface area contributed by atoms with E-state index in [9.17, 15) is 9.59 Å². The number of aryl methyl sites for hydroxylation is 2. The number of rotatable bonds is 8. The first-order chi connectivity index (χ1) is 15.3. The second-order valence-electron chi connectivity index (χ2n) is 6.92. The number of hydrogen-bond acceptors (Lipinski definition) is 5. The number of halogens is 2. The number of carbonyl (C=O) groups is 2. The summed E-state index contributed by atoms with van der Waals surface area (Å²) in [6.45, 7) is 5.74. The fourth-order valence-electron chi connectivity index (χ4n) is 3.18. The van der Waals surface area contributed by atoms with Gasteiger partial charge in [0.1, 0.15) is 16.3 Å². The molecule has 1 aromatic heterocycles. The topological polar surface area (TPSA) is 64.6 Å².